The minimum absolute atomic E-state index is 0.143. The van der Waals surface area contributed by atoms with Crippen LogP contribution in [0.3, 0.4) is 0 Å². The number of rotatable bonds is 13. The van der Waals surface area contributed by atoms with E-state index in [1.165, 1.54) is 19.3 Å². The number of benzene rings is 1. The molecule has 1 heterocycles. The molecule has 1 fully saturated rings. The van der Waals surface area contributed by atoms with Crippen LogP contribution < -0.4 is 9.47 Å². The summed E-state index contributed by atoms with van der Waals surface area (Å²) >= 11 is 3.52. The lowest BCUT2D eigenvalue weighted by atomic mass is 9.69. The smallest absolute Gasteiger partial charge is 0.216 e. The third-order valence-electron chi connectivity index (χ3n) is 7.27. The van der Waals surface area contributed by atoms with E-state index in [4.69, 9.17) is 19.2 Å². The Labute approximate surface area is 229 Å². The monoisotopic (exact) mass is 573 g/mol. The van der Waals surface area contributed by atoms with Gasteiger partial charge < -0.3 is 24.2 Å². The SMILES string of the molecule is C=Cc1cc(Br)ccc1/N=C(\CC(CC1CCC1)C(O)(CCN(C)C)c1cc(OC)nc(OC)c1)OC. The summed E-state index contributed by atoms with van der Waals surface area (Å²) in [5, 5.41) is 12.5. The van der Waals surface area contributed by atoms with E-state index < -0.39 is 5.60 Å². The number of aliphatic hydroxyl groups is 1. The Hall–Kier alpha value is -2.42. The Morgan fingerprint density at radius 1 is 1.22 bits per heavy atom. The van der Waals surface area contributed by atoms with Crippen LogP contribution in [-0.4, -0.2) is 62.9 Å². The number of methoxy groups -OCH3 is 3. The summed E-state index contributed by atoms with van der Waals surface area (Å²) in [7, 11) is 8.81. The fraction of sp³-hybridized carbons (Fsp3) is 0.517. The van der Waals surface area contributed by atoms with Gasteiger partial charge in [0.25, 0.3) is 0 Å². The Kier molecular flexibility index (Phi) is 10.6. The van der Waals surface area contributed by atoms with Gasteiger partial charge >= 0.3 is 0 Å². The zero-order valence-electron chi connectivity index (χ0n) is 22.7. The van der Waals surface area contributed by atoms with Gasteiger partial charge in [-0.1, -0.05) is 47.8 Å². The number of pyridine rings is 1. The van der Waals surface area contributed by atoms with Crippen LogP contribution in [0.15, 0.2) is 46.4 Å². The lowest BCUT2D eigenvalue weighted by Gasteiger charge is -2.41. The molecule has 1 saturated carbocycles. The highest BCUT2D eigenvalue weighted by Gasteiger charge is 2.42. The van der Waals surface area contributed by atoms with Gasteiger partial charge in [-0.05, 0) is 56.6 Å². The summed E-state index contributed by atoms with van der Waals surface area (Å²) in [5.41, 5.74) is 1.24. The normalized spacial score (nSPS) is 16.6. The van der Waals surface area contributed by atoms with Crippen molar-refractivity contribution >= 4 is 33.6 Å². The third kappa shape index (κ3) is 7.55. The molecule has 1 aromatic heterocycles. The maximum absolute atomic E-state index is 12.5. The van der Waals surface area contributed by atoms with Crippen molar-refractivity contribution < 1.29 is 19.3 Å². The van der Waals surface area contributed by atoms with Crippen molar-refractivity contribution in [2.75, 3.05) is 42.0 Å². The lowest BCUT2D eigenvalue weighted by Crippen LogP contribution is -2.41. The van der Waals surface area contributed by atoms with Crippen molar-refractivity contribution in [3.8, 4) is 11.8 Å². The van der Waals surface area contributed by atoms with Crippen LogP contribution in [0.2, 0.25) is 0 Å². The van der Waals surface area contributed by atoms with Crippen molar-refractivity contribution in [3.63, 3.8) is 0 Å². The molecular weight excluding hydrogens is 534 g/mol. The molecule has 0 spiro atoms. The molecule has 0 bridgehead atoms. The first kappa shape index (κ1) is 29.1. The molecule has 8 heteroatoms. The summed E-state index contributed by atoms with van der Waals surface area (Å²) in [5.74, 6) is 1.82. The first-order valence-corrected chi connectivity index (χ1v) is 13.5. The first-order chi connectivity index (χ1) is 17.7. The molecular formula is C29H40BrN3O4. The number of halogens is 1. The Morgan fingerprint density at radius 2 is 1.89 bits per heavy atom. The minimum Gasteiger partial charge on any atom is -0.484 e. The minimum atomic E-state index is -1.18. The van der Waals surface area contributed by atoms with Crippen LogP contribution in [0.25, 0.3) is 6.08 Å². The topological polar surface area (TPSA) is 76.4 Å². The molecule has 2 unspecified atom stereocenters. The van der Waals surface area contributed by atoms with Crippen LogP contribution >= 0.6 is 15.9 Å². The molecule has 1 aromatic carbocycles. The summed E-state index contributed by atoms with van der Waals surface area (Å²) in [4.78, 5) is 11.3. The Morgan fingerprint density at radius 3 is 2.41 bits per heavy atom. The highest BCUT2D eigenvalue weighted by atomic mass is 79.9. The number of ether oxygens (including phenoxy) is 3. The average molecular weight is 575 g/mol. The van der Waals surface area contributed by atoms with Gasteiger partial charge in [-0.2, -0.15) is 4.98 Å². The molecule has 3 rings (SSSR count). The molecule has 2 atom stereocenters. The van der Waals surface area contributed by atoms with Gasteiger partial charge in [-0.25, -0.2) is 4.99 Å². The number of nitrogens with zero attached hydrogens (tertiary/aromatic N) is 3. The van der Waals surface area contributed by atoms with Crippen LogP contribution in [0.4, 0.5) is 5.69 Å². The quantitative estimate of drug-likeness (QED) is 0.226. The van der Waals surface area contributed by atoms with Gasteiger partial charge in [0, 0.05) is 41.1 Å². The molecule has 0 amide bonds. The van der Waals surface area contributed by atoms with Gasteiger partial charge in [0.15, 0.2) is 5.90 Å². The van der Waals surface area contributed by atoms with E-state index in [1.807, 2.05) is 44.4 Å². The zero-order chi connectivity index (χ0) is 27.0. The van der Waals surface area contributed by atoms with E-state index in [1.54, 1.807) is 27.4 Å². The largest absolute Gasteiger partial charge is 0.484 e. The molecule has 7 nitrogen and oxygen atoms in total. The number of hydrogen-bond acceptors (Lipinski definition) is 7. The van der Waals surface area contributed by atoms with Crippen LogP contribution in [-0.2, 0) is 10.3 Å². The second-order valence-corrected chi connectivity index (χ2v) is 10.9. The Balaban J connectivity index is 2.08. The van der Waals surface area contributed by atoms with Gasteiger partial charge in [0.05, 0.1) is 32.6 Å². The molecule has 1 aliphatic carbocycles. The molecule has 0 aliphatic heterocycles. The van der Waals surface area contributed by atoms with Gasteiger partial charge in [0.1, 0.15) is 0 Å². The second-order valence-electron chi connectivity index (χ2n) is 9.97. The fourth-order valence-electron chi connectivity index (χ4n) is 4.81. The van der Waals surface area contributed by atoms with E-state index in [-0.39, 0.29) is 5.92 Å². The molecule has 1 N–H and O–H groups in total. The summed E-state index contributed by atoms with van der Waals surface area (Å²) in [6.45, 7) is 4.64. The fourth-order valence-corrected chi connectivity index (χ4v) is 5.19. The summed E-state index contributed by atoms with van der Waals surface area (Å²) in [6.07, 6.45) is 7.25. The van der Waals surface area contributed by atoms with Gasteiger partial charge in [-0.15, -0.1) is 0 Å². The molecule has 0 saturated heterocycles. The predicted molar refractivity (Wildman–Crippen MR) is 153 cm³/mol. The summed E-state index contributed by atoms with van der Waals surface area (Å²) in [6, 6.07) is 9.51. The van der Waals surface area contributed by atoms with Crippen LogP contribution in [0.1, 0.15) is 49.7 Å². The van der Waals surface area contributed by atoms with Crippen molar-refractivity contribution in [1.29, 1.82) is 0 Å². The van der Waals surface area contributed by atoms with Crippen molar-refractivity contribution in [3.05, 3.63) is 52.5 Å². The van der Waals surface area contributed by atoms with E-state index >= 15 is 0 Å². The van der Waals surface area contributed by atoms with Crippen molar-refractivity contribution in [2.24, 2.45) is 16.8 Å². The van der Waals surface area contributed by atoms with E-state index in [0.717, 1.165) is 27.7 Å². The van der Waals surface area contributed by atoms with E-state index in [2.05, 4.69) is 32.4 Å². The molecule has 0 radical (unpaired) electrons. The molecule has 2 aromatic rings. The maximum atomic E-state index is 12.5. The average Bonchev–Trinajstić information content (AvgIpc) is 2.88. The molecule has 37 heavy (non-hydrogen) atoms. The van der Waals surface area contributed by atoms with Crippen molar-refractivity contribution in [1.82, 2.24) is 9.88 Å². The highest BCUT2D eigenvalue weighted by molar-refractivity contribution is 9.10. The zero-order valence-corrected chi connectivity index (χ0v) is 24.3. The first-order valence-electron chi connectivity index (χ1n) is 12.7. The van der Waals surface area contributed by atoms with Gasteiger partial charge in [0.2, 0.25) is 11.8 Å². The third-order valence-corrected chi connectivity index (χ3v) is 7.76. The number of aromatic nitrogens is 1. The number of hydrogen-bond donors (Lipinski definition) is 1. The van der Waals surface area contributed by atoms with Crippen LogP contribution in [0.5, 0.6) is 11.8 Å². The Bertz CT molecular complexity index is 1060. The van der Waals surface area contributed by atoms with E-state index in [0.29, 0.717) is 43.0 Å². The van der Waals surface area contributed by atoms with Crippen molar-refractivity contribution in [2.45, 2.75) is 44.1 Å². The standard InChI is InChI=1S/C29H40BrN3O4/c1-7-21-16-24(30)11-12-25(21)31-26(35-4)17-22(15-20-9-8-10-20)29(34,13-14-33(2)3)23-18-27(36-5)32-28(19-23)37-6/h7,11-12,16,18-20,22,34H,1,8-10,13-15,17H2,2-6H3/b31-26+. The lowest BCUT2D eigenvalue weighted by molar-refractivity contribution is -0.0485. The highest BCUT2D eigenvalue weighted by Crippen LogP contribution is 2.45. The van der Waals surface area contributed by atoms with E-state index in [9.17, 15) is 5.11 Å². The molecule has 1 aliphatic rings. The molecule has 202 valence electrons. The summed E-state index contributed by atoms with van der Waals surface area (Å²) < 4.78 is 17.7. The van der Waals surface area contributed by atoms with Crippen LogP contribution in [0, 0.1) is 11.8 Å². The predicted octanol–water partition coefficient (Wildman–Crippen LogP) is 6.22. The maximum Gasteiger partial charge on any atom is 0.216 e. The number of aliphatic imine (C=N–C) groups is 1. The second kappa shape index (κ2) is 13.4. The van der Waals surface area contributed by atoms with Gasteiger partial charge in [-0.3, -0.25) is 0 Å².